The number of benzene rings is 2. The van der Waals surface area contributed by atoms with E-state index in [1.165, 1.54) is 24.1 Å². The summed E-state index contributed by atoms with van der Waals surface area (Å²) >= 11 is 7.82. The van der Waals surface area contributed by atoms with Crippen molar-refractivity contribution in [1.29, 1.82) is 0 Å². The van der Waals surface area contributed by atoms with Crippen molar-refractivity contribution in [2.24, 2.45) is 0 Å². The minimum absolute atomic E-state index is 0.00208. The number of aromatic nitrogens is 1. The number of fused-ring (bicyclic) bond motifs is 2. The van der Waals surface area contributed by atoms with Crippen LogP contribution in [0, 0.1) is 0 Å². The van der Waals surface area contributed by atoms with Crippen LogP contribution < -0.4 is 5.32 Å². The van der Waals surface area contributed by atoms with Gasteiger partial charge < -0.3 is 5.32 Å². The zero-order chi connectivity index (χ0) is 17.9. The molecular formula is C21H19ClN2OS. The van der Waals surface area contributed by atoms with Crippen LogP contribution >= 0.6 is 23.4 Å². The largest absolute Gasteiger partial charge is 0.325 e. The molecule has 0 unspecified atom stereocenters. The maximum Gasteiger partial charge on any atom is 0.234 e. The summed E-state index contributed by atoms with van der Waals surface area (Å²) in [6.07, 6.45) is 4.38. The third-order valence-electron chi connectivity index (χ3n) is 4.58. The third-order valence-corrected chi connectivity index (χ3v) is 5.97. The van der Waals surface area contributed by atoms with Gasteiger partial charge in [-0.3, -0.25) is 9.78 Å². The second-order valence-electron chi connectivity index (χ2n) is 6.44. The molecule has 0 radical (unpaired) electrons. The monoisotopic (exact) mass is 382 g/mol. The molecule has 0 spiro atoms. The zero-order valence-electron chi connectivity index (χ0n) is 14.3. The number of amides is 1. The number of hydrogen-bond acceptors (Lipinski definition) is 3. The maximum absolute atomic E-state index is 12.4. The van der Waals surface area contributed by atoms with Crippen LogP contribution in [-0.2, 0) is 17.6 Å². The summed E-state index contributed by atoms with van der Waals surface area (Å²) in [6.45, 7) is 0. The Bertz CT molecular complexity index is 959. The van der Waals surface area contributed by atoms with Crippen LogP contribution in [0.15, 0.2) is 53.4 Å². The molecule has 0 fully saturated rings. The van der Waals surface area contributed by atoms with Gasteiger partial charge in [0.05, 0.1) is 11.3 Å². The van der Waals surface area contributed by atoms with Crippen LogP contribution in [0.5, 0.6) is 0 Å². The Morgan fingerprint density at radius 3 is 2.77 bits per heavy atom. The second kappa shape index (κ2) is 7.68. The number of carbonyl (C=O) groups excluding carboxylic acids is 1. The average Bonchev–Trinajstić information content (AvgIpc) is 2.66. The molecule has 1 aromatic heterocycles. The molecule has 5 heteroatoms. The van der Waals surface area contributed by atoms with Crippen LogP contribution in [0.3, 0.4) is 0 Å². The molecule has 132 valence electrons. The zero-order valence-corrected chi connectivity index (χ0v) is 15.9. The molecule has 3 aromatic rings. The fourth-order valence-electron chi connectivity index (χ4n) is 3.37. The lowest BCUT2D eigenvalue weighted by molar-refractivity contribution is -0.113. The predicted molar refractivity (Wildman–Crippen MR) is 109 cm³/mol. The van der Waals surface area contributed by atoms with Gasteiger partial charge in [0.25, 0.3) is 0 Å². The number of hydrogen-bond donors (Lipinski definition) is 1. The number of rotatable bonds is 4. The molecule has 0 bridgehead atoms. The summed E-state index contributed by atoms with van der Waals surface area (Å²) in [5.41, 5.74) is 4.25. The molecule has 1 amide bonds. The fourth-order valence-corrected chi connectivity index (χ4v) is 4.61. The minimum atomic E-state index is -0.00208. The normalized spacial score (nSPS) is 13.4. The first kappa shape index (κ1) is 17.4. The van der Waals surface area contributed by atoms with E-state index in [0.717, 1.165) is 34.3 Å². The van der Waals surface area contributed by atoms with Crippen molar-refractivity contribution >= 4 is 45.9 Å². The van der Waals surface area contributed by atoms with Gasteiger partial charge in [-0.1, -0.05) is 29.8 Å². The van der Waals surface area contributed by atoms with Crippen LogP contribution in [0.2, 0.25) is 5.02 Å². The van der Waals surface area contributed by atoms with E-state index in [9.17, 15) is 4.79 Å². The number of nitrogens with one attached hydrogen (secondary N) is 1. The highest BCUT2D eigenvalue weighted by molar-refractivity contribution is 8.00. The number of carbonyl (C=O) groups is 1. The number of aryl methyl sites for hydroxylation is 1. The van der Waals surface area contributed by atoms with E-state index in [2.05, 4.69) is 5.32 Å². The van der Waals surface area contributed by atoms with Gasteiger partial charge in [-0.2, -0.15) is 0 Å². The van der Waals surface area contributed by atoms with Crippen molar-refractivity contribution in [3.8, 4) is 0 Å². The number of nitrogens with zero attached hydrogens (tertiary/aromatic N) is 1. The first-order valence-corrected chi connectivity index (χ1v) is 10.2. The Kier molecular flexibility index (Phi) is 5.14. The highest BCUT2D eigenvalue weighted by atomic mass is 35.5. The molecule has 1 aliphatic rings. The Balaban J connectivity index is 1.62. The van der Waals surface area contributed by atoms with Gasteiger partial charge in [0.1, 0.15) is 0 Å². The van der Waals surface area contributed by atoms with Crippen LogP contribution in [0.1, 0.15) is 24.1 Å². The van der Waals surface area contributed by atoms with Crippen LogP contribution in [0.25, 0.3) is 10.9 Å². The summed E-state index contributed by atoms with van der Waals surface area (Å²) in [7, 11) is 0. The predicted octanol–water partition coefficient (Wildman–Crippen LogP) is 5.50. The quantitative estimate of drug-likeness (QED) is 0.606. The molecule has 0 atom stereocenters. The highest BCUT2D eigenvalue weighted by Crippen LogP contribution is 2.37. The number of thioether (sulfide) groups is 1. The van der Waals surface area contributed by atoms with Gasteiger partial charge in [0.15, 0.2) is 0 Å². The van der Waals surface area contributed by atoms with Gasteiger partial charge in [-0.25, -0.2) is 0 Å². The van der Waals surface area contributed by atoms with Gasteiger partial charge in [0, 0.05) is 26.7 Å². The molecule has 4 rings (SSSR count). The average molecular weight is 383 g/mol. The lowest BCUT2D eigenvalue weighted by Crippen LogP contribution is -2.15. The van der Waals surface area contributed by atoms with Gasteiger partial charge in [0.2, 0.25) is 5.91 Å². The second-order valence-corrected chi connectivity index (χ2v) is 7.86. The molecule has 3 nitrogen and oxygen atoms in total. The number of pyridine rings is 1. The van der Waals surface area contributed by atoms with Crippen molar-refractivity contribution in [2.45, 2.75) is 30.6 Å². The molecule has 0 saturated carbocycles. The van der Waals surface area contributed by atoms with E-state index in [1.807, 2.05) is 48.5 Å². The Hall–Kier alpha value is -2.04. The molecule has 2 aromatic carbocycles. The van der Waals surface area contributed by atoms with Crippen molar-refractivity contribution in [3.63, 3.8) is 0 Å². The molecule has 1 N–H and O–H groups in total. The molecule has 1 aliphatic carbocycles. The minimum Gasteiger partial charge on any atom is -0.325 e. The summed E-state index contributed by atoms with van der Waals surface area (Å²) in [5, 5.41) is 4.70. The Morgan fingerprint density at radius 2 is 1.92 bits per heavy atom. The van der Waals surface area contributed by atoms with Crippen molar-refractivity contribution < 1.29 is 4.79 Å². The van der Waals surface area contributed by atoms with E-state index in [0.29, 0.717) is 10.8 Å². The van der Waals surface area contributed by atoms with Gasteiger partial charge in [-0.05, 0) is 61.6 Å². The number of halogens is 1. The maximum atomic E-state index is 12.4. The van der Waals surface area contributed by atoms with Gasteiger partial charge >= 0.3 is 0 Å². The van der Waals surface area contributed by atoms with Crippen molar-refractivity contribution in [1.82, 2.24) is 4.98 Å². The Labute approximate surface area is 162 Å². The van der Waals surface area contributed by atoms with Crippen LogP contribution in [0.4, 0.5) is 5.69 Å². The van der Waals surface area contributed by atoms with E-state index in [4.69, 9.17) is 16.6 Å². The summed E-state index contributed by atoms with van der Waals surface area (Å²) in [5.74, 6) is 0.366. The lowest BCUT2D eigenvalue weighted by Gasteiger charge is -2.20. The van der Waals surface area contributed by atoms with Crippen molar-refractivity contribution in [2.75, 3.05) is 11.1 Å². The molecule has 1 heterocycles. The molecule has 26 heavy (non-hydrogen) atoms. The van der Waals surface area contributed by atoms with E-state index in [1.54, 1.807) is 11.8 Å². The first-order chi connectivity index (χ1) is 12.7. The summed E-state index contributed by atoms with van der Waals surface area (Å²) in [4.78, 5) is 18.4. The topological polar surface area (TPSA) is 42.0 Å². The standard InChI is InChI=1S/C21H19ClN2OS/c22-14-10-11-19-17(12-14)21(16-8-4-5-9-18(16)24-19)26-13-20(25)23-15-6-2-1-3-7-15/h1-3,6-7,10-12H,4-5,8-9,13H2,(H,23,25). The van der Waals surface area contributed by atoms with Crippen molar-refractivity contribution in [3.05, 3.63) is 64.8 Å². The Morgan fingerprint density at radius 1 is 1.12 bits per heavy atom. The smallest absolute Gasteiger partial charge is 0.234 e. The summed E-state index contributed by atoms with van der Waals surface area (Å²) < 4.78 is 0. The fraction of sp³-hybridized carbons (Fsp3) is 0.238. The first-order valence-electron chi connectivity index (χ1n) is 8.79. The van der Waals surface area contributed by atoms with E-state index >= 15 is 0 Å². The molecule has 0 saturated heterocycles. The summed E-state index contributed by atoms with van der Waals surface area (Å²) in [6, 6.07) is 15.4. The highest BCUT2D eigenvalue weighted by Gasteiger charge is 2.19. The van der Waals surface area contributed by atoms with Gasteiger partial charge in [-0.15, -0.1) is 11.8 Å². The molecular weight excluding hydrogens is 364 g/mol. The van der Waals surface area contributed by atoms with E-state index < -0.39 is 0 Å². The third kappa shape index (κ3) is 3.71. The van der Waals surface area contributed by atoms with Crippen LogP contribution in [-0.4, -0.2) is 16.6 Å². The van der Waals surface area contributed by atoms with E-state index in [-0.39, 0.29) is 5.91 Å². The number of para-hydroxylation sites is 1. The number of anilines is 1. The lowest BCUT2D eigenvalue weighted by atomic mass is 9.94. The SMILES string of the molecule is O=C(CSc1c2c(nc3ccc(Cl)cc13)CCCC2)Nc1ccccc1. The molecule has 0 aliphatic heterocycles.